The lowest BCUT2D eigenvalue weighted by Crippen LogP contribution is -2.27. The molecule has 0 radical (unpaired) electrons. The second-order valence-electron chi connectivity index (χ2n) is 5.07. The Morgan fingerprint density at radius 1 is 1.08 bits per heavy atom. The van der Waals surface area contributed by atoms with Crippen LogP contribution in [0.4, 0.5) is 32.0 Å². The molecule has 1 N–H and O–H groups in total. The van der Waals surface area contributed by atoms with E-state index in [1.807, 2.05) is 0 Å². The van der Waals surface area contributed by atoms with Crippen LogP contribution >= 0.6 is 0 Å². The number of nitrogens with one attached hydrogen (secondary N) is 1. The van der Waals surface area contributed by atoms with E-state index in [9.17, 15) is 35.9 Å². The number of carbonyl (C=O) groups excluding carboxylic acids is 2. The van der Waals surface area contributed by atoms with Crippen molar-refractivity contribution in [2.45, 2.75) is 12.4 Å². The Balaban J connectivity index is 2.88. The predicted molar refractivity (Wildman–Crippen MR) is 81.2 cm³/mol. The minimum Gasteiger partial charge on any atom is -0.379 e. The number of aromatic nitrogens is 1. The zero-order chi connectivity index (χ0) is 19.7. The number of carbonyl (C=O) groups is 2. The molecule has 2 rings (SSSR count). The number of Topliss-reactive ketones (excluding diaryl/α,β-unsaturated/α-hetero) is 2. The molecule has 0 aliphatic carbocycles. The summed E-state index contributed by atoms with van der Waals surface area (Å²) in [6, 6.07) is 2.61. The normalized spacial score (nSPS) is 12.1. The molecule has 1 aromatic carbocycles. The van der Waals surface area contributed by atoms with Gasteiger partial charge >= 0.3 is 12.4 Å². The lowest BCUT2D eigenvalue weighted by Gasteiger charge is -2.17. The highest BCUT2D eigenvalue weighted by molar-refractivity contribution is 6.18. The van der Waals surface area contributed by atoms with Crippen LogP contribution < -0.4 is 5.32 Å². The van der Waals surface area contributed by atoms with Gasteiger partial charge in [0.15, 0.2) is 0 Å². The van der Waals surface area contributed by atoms with Gasteiger partial charge in [0.25, 0.3) is 11.6 Å². The summed E-state index contributed by atoms with van der Waals surface area (Å²) in [5.74, 6) is -4.77. The van der Waals surface area contributed by atoms with E-state index < -0.39 is 40.7 Å². The van der Waals surface area contributed by atoms with Gasteiger partial charge in [-0.2, -0.15) is 26.3 Å². The van der Waals surface area contributed by atoms with E-state index in [4.69, 9.17) is 0 Å². The number of fused-ring (bicyclic) bond motifs is 1. The monoisotopic (exact) mass is 376 g/mol. The Kier molecular flexibility index (Phi) is 5.06. The van der Waals surface area contributed by atoms with E-state index in [0.717, 1.165) is 12.3 Å². The molecule has 0 aliphatic heterocycles. The summed E-state index contributed by atoms with van der Waals surface area (Å²) in [4.78, 5) is 27.1. The van der Waals surface area contributed by atoms with Crippen molar-refractivity contribution in [2.75, 3.05) is 11.9 Å². The second kappa shape index (κ2) is 6.77. The van der Waals surface area contributed by atoms with Gasteiger partial charge in [-0.1, -0.05) is 12.1 Å². The van der Waals surface area contributed by atoms with Crippen LogP contribution in [0.25, 0.3) is 10.9 Å². The van der Waals surface area contributed by atoms with Crippen LogP contribution in [0.1, 0.15) is 20.7 Å². The zero-order valence-corrected chi connectivity index (χ0v) is 12.8. The number of nitrogens with zero attached hydrogens (tertiary/aromatic N) is 1. The first-order chi connectivity index (χ1) is 12.0. The van der Waals surface area contributed by atoms with E-state index in [0.29, 0.717) is 6.07 Å². The summed E-state index contributed by atoms with van der Waals surface area (Å²) in [6.45, 7) is 3.28. The number of ketones is 2. The molecule has 0 amide bonds. The standard InChI is InChI=1S/C16H10F6N2O2/c1-2-5-23-12-10(14(26)16(20,21)22)7-9(13(25)15(17,18)19)8-4-3-6-24-11(8)12/h2-4,6-7,23H,1,5H2. The van der Waals surface area contributed by atoms with E-state index in [1.165, 1.54) is 12.1 Å². The van der Waals surface area contributed by atoms with Gasteiger partial charge in [-0.25, -0.2) is 0 Å². The molecule has 0 spiro atoms. The summed E-state index contributed by atoms with van der Waals surface area (Å²) in [5, 5.41) is 2.14. The molecule has 138 valence electrons. The van der Waals surface area contributed by atoms with Gasteiger partial charge in [0.2, 0.25) is 0 Å². The number of halogens is 6. The third-order valence-electron chi connectivity index (χ3n) is 3.32. The van der Waals surface area contributed by atoms with Crippen molar-refractivity contribution in [3.05, 3.63) is 48.2 Å². The SMILES string of the molecule is C=CCNc1c(C(=O)C(F)(F)F)cc(C(=O)C(F)(F)F)c2cccnc12. The summed E-state index contributed by atoms with van der Waals surface area (Å²) >= 11 is 0. The highest BCUT2D eigenvalue weighted by atomic mass is 19.4. The third-order valence-corrected chi connectivity index (χ3v) is 3.32. The van der Waals surface area contributed by atoms with Gasteiger partial charge in [-0.05, 0) is 12.1 Å². The lowest BCUT2D eigenvalue weighted by atomic mass is 9.96. The van der Waals surface area contributed by atoms with Crippen LogP contribution in [-0.2, 0) is 0 Å². The van der Waals surface area contributed by atoms with Crippen LogP contribution in [0.2, 0.25) is 0 Å². The topological polar surface area (TPSA) is 59.1 Å². The van der Waals surface area contributed by atoms with Gasteiger partial charge in [0.1, 0.15) is 0 Å². The Bertz CT molecular complexity index is 887. The Labute approximate surface area is 142 Å². The first-order valence-electron chi connectivity index (χ1n) is 6.98. The molecule has 0 atom stereocenters. The molecule has 0 fully saturated rings. The largest absolute Gasteiger partial charge is 0.454 e. The van der Waals surface area contributed by atoms with Crippen molar-refractivity contribution in [2.24, 2.45) is 0 Å². The molecule has 0 saturated carbocycles. The number of hydrogen-bond donors (Lipinski definition) is 1. The predicted octanol–water partition coefficient (Wildman–Crippen LogP) is 4.32. The zero-order valence-electron chi connectivity index (χ0n) is 12.8. The van der Waals surface area contributed by atoms with E-state index >= 15 is 0 Å². The molecule has 0 aliphatic rings. The number of pyridine rings is 1. The average molecular weight is 376 g/mol. The fraction of sp³-hybridized carbons (Fsp3) is 0.188. The highest BCUT2D eigenvalue weighted by Crippen LogP contribution is 2.35. The number of rotatable bonds is 5. The minimum atomic E-state index is -5.36. The summed E-state index contributed by atoms with van der Waals surface area (Å²) in [6.07, 6.45) is -8.31. The number of benzene rings is 1. The maximum atomic E-state index is 12.9. The van der Waals surface area contributed by atoms with Crippen molar-refractivity contribution in [1.29, 1.82) is 0 Å². The van der Waals surface area contributed by atoms with Crippen LogP contribution in [0.3, 0.4) is 0 Å². The number of hydrogen-bond acceptors (Lipinski definition) is 4. The van der Waals surface area contributed by atoms with Crippen molar-refractivity contribution in [3.63, 3.8) is 0 Å². The van der Waals surface area contributed by atoms with Crippen LogP contribution in [0.15, 0.2) is 37.1 Å². The molecule has 0 bridgehead atoms. The average Bonchev–Trinajstić information content (AvgIpc) is 2.56. The first-order valence-corrected chi connectivity index (χ1v) is 6.98. The fourth-order valence-electron chi connectivity index (χ4n) is 2.27. The Morgan fingerprint density at radius 2 is 1.65 bits per heavy atom. The quantitative estimate of drug-likeness (QED) is 0.480. The molecular formula is C16H10F6N2O2. The van der Waals surface area contributed by atoms with Gasteiger partial charge < -0.3 is 5.32 Å². The maximum Gasteiger partial charge on any atom is 0.454 e. The molecular weight excluding hydrogens is 366 g/mol. The van der Waals surface area contributed by atoms with E-state index in [1.54, 1.807) is 0 Å². The minimum absolute atomic E-state index is 0.0869. The van der Waals surface area contributed by atoms with Crippen LogP contribution in [-0.4, -0.2) is 35.4 Å². The smallest absolute Gasteiger partial charge is 0.379 e. The third kappa shape index (κ3) is 3.68. The summed E-state index contributed by atoms with van der Waals surface area (Å²) in [7, 11) is 0. The van der Waals surface area contributed by atoms with Crippen molar-refractivity contribution >= 4 is 28.2 Å². The molecule has 4 nitrogen and oxygen atoms in total. The maximum absolute atomic E-state index is 12.9. The lowest BCUT2D eigenvalue weighted by molar-refractivity contribution is -0.0886. The fourth-order valence-corrected chi connectivity index (χ4v) is 2.27. The van der Waals surface area contributed by atoms with Crippen LogP contribution in [0.5, 0.6) is 0 Å². The van der Waals surface area contributed by atoms with Crippen molar-refractivity contribution in [3.8, 4) is 0 Å². The van der Waals surface area contributed by atoms with E-state index in [-0.39, 0.29) is 17.4 Å². The second-order valence-corrected chi connectivity index (χ2v) is 5.07. The van der Waals surface area contributed by atoms with Crippen molar-refractivity contribution in [1.82, 2.24) is 4.98 Å². The number of alkyl halides is 6. The van der Waals surface area contributed by atoms with Gasteiger partial charge in [-0.3, -0.25) is 14.6 Å². The van der Waals surface area contributed by atoms with Gasteiger partial charge in [0.05, 0.1) is 16.8 Å². The Hall–Kier alpha value is -2.91. The number of anilines is 1. The Morgan fingerprint density at radius 3 is 2.19 bits per heavy atom. The summed E-state index contributed by atoms with van der Waals surface area (Å²) in [5.41, 5.74) is -3.01. The molecule has 0 saturated heterocycles. The molecule has 1 heterocycles. The summed E-state index contributed by atoms with van der Waals surface area (Å²) < 4.78 is 77.1. The van der Waals surface area contributed by atoms with Crippen LogP contribution in [0, 0.1) is 0 Å². The molecule has 0 unspecified atom stereocenters. The molecule has 1 aromatic heterocycles. The van der Waals surface area contributed by atoms with Gasteiger partial charge in [-0.15, -0.1) is 6.58 Å². The first kappa shape index (κ1) is 19.4. The van der Waals surface area contributed by atoms with Gasteiger partial charge in [0, 0.05) is 23.7 Å². The molecule has 2 aromatic rings. The van der Waals surface area contributed by atoms with E-state index in [2.05, 4.69) is 16.9 Å². The highest BCUT2D eigenvalue weighted by Gasteiger charge is 2.44. The molecule has 10 heteroatoms. The molecule has 26 heavy (non-hydrogen) atoms. The van der Waals surface area contributed by atoms with Crippen molar-refractivity contribution < 1.29 is 35.9 Å².